The largest absolute Gasteiger partial charge is 0.416 e. The highest BCUT2D eigenvalue weighted by Gasteiger charge is 2.36. The van der Waals surface area contributed by atoms with Crippen LogP contribution in [0.3, 0.4) is 0 Å². The molecule has 0 aromatic heterocycles. The molecule has 0 saturated carbocycles. The van der Waals surface area contributed by atoms with Crippen molar-refractivity contribution in [1.82, 2.24) is 9.79 Å². The van der Waals surface area contributed by atoms with Gasteiger partial charge in [-0.25, -0.2) is 13.9 Å². The van der Waals surface area contributed by atoms with Crippen molar-refractivity contribution in [2.75, 3.05) is 0 Å². The molecule has 0 heterocycles. The number of non-ortho nitro benzene ring substituents is 1. The highest BCUT2D eigenvalue weighted by Crippen LogP contribution is 2.32. The highest BCUT2D eigenvalue weighted by molar-refractivity contribution is 7.89. The zero-order chi connectivity index (χ0) is 22.7. The SMILES string of the molecule is C[C@@H](C(=O)NO)N(Cc1ccc([N+](=O)[O-])cc1)S(=O)(=O)c1cccc(C(F)(F)F)c1. The van der Waals surface area contributed by atoms with Crippen LogP contribution in [0.1, 0.15) is 18.1 Å². The molecule has 0 saturated heterocycles. The van der Waals surface area contributed by atoms with E-state index in [4.69, 9.17) is 5.21 Å². The number of nitrogens with one attached hydrogen (secondary N) is 1. The van der Waals surface area contributed by atoms with Gasteiger partial charge in [-0.1, -0.05) is 18.2 Å². The first-order chi connectivity index (χ1) is 13.9. The number of nitro groups is 1. The Hall–Kier alpha value is -3.03. The van der Waals surface area contributed by atoms with Crippen LogP contribution in [0.4, 0.5) is 18.9 Å². The van der Waals surface area contributed by atoms with E-state index in [1.165, 1.54) is 17.6 Å². The fourth-order valence-corrected chi connectivity index (χ4v) is 4.15. The molecular formula is C17H16F3N3O6S. The second-order valence-electron chi connectivity index (χ2n) is 6.15. The van der Waals surface area contributed by atoms with Gasteiger partial charge in [-0.3, -0.25) is 20.1 Å². The van der Waals surface area contributed by atoms with Gasteiger partial charge in [0, 0.05) is 18.7 Å². The monoisotopic (exact) mass is 447 g/mol. The van der Waals surface area contributed by atoms with Crippen molar-refractivity contribution >= 4 is 21.6 Å². The molecule has 0 aliphatic rings. The van der Waals surface area contributed by atoms with Gasteiger partial charge in [-0.15, -0.1) is 0 Å². The number of halogens is 3. The zero-order valence-corrected chi connectivity index (χ0v) is 16.1. The van der Waals surface area contributed by atoms with Crippen molar-refractivity contribution < 1.29 is 36.5 Å². The van der Waals surface area contributed by atoms with Gasteiger partial charge in [0.25, 0.3) is 11.6 Å². The minimum absolute atomic E-state index is 0.230. The van der Waals surface area contributed by atoms with E-state index in [9.17, 15) is 36.5 Å². The minimum atomic E-state index is -4.79. The summed E-state index contributed by atoms with van der Waals surface area (Å²) in [5, 5.41) is 19.6. The third-order valence-electron chi connectivity index (χ3n) is 4.18. The van der Waals surface area contributed by atoms with E-state index in [1.54, 1.807) is 0 Å². The van der Waals surface area contributed by atoms with Crippen LogP contribution in [0.25, 0.3) is 0 Å². The maximum absolute atomic E-state index is 13.0. The molecule has 0 aliphatic carbocycles. The molecule has 0 bridgehead atoms. The maximum Gasteiger partial charge on any atom is 0.416 e. The standard InChI is InChI=1S/C17H16F3N3O6S/c1-11(16(24)21-25)22(10-12-5-7-14(8-6-12)23(26)27)30(28,29)15-4-2-3-13(9-15)17(18,19)20/h2-9,11,25H,10H2,1H3,(H,21,24)/t11-/m0/s1. The van der Waals surface area contributed by atoms with Crippen molar-refractivity contribution in [2.24, 2.45) is 0 Å². The smallest absolute Gasteiger partial charge is 0.289 e. The molecule has 0 aliphatic heterocycles. The van der Waals surface area contributed by atoms with Gasteiger partial charge >= 0.3 is 6.18 Å². The first-order valence-corrected chi connectivity index (χ1v) is 9.68. The number of carbonyl (C=O) groups is 1. The summed E-state index contributed by atoms with van der Waals surface area (Å²) in [6.45, 7) is 0.632. The Kier molecular flexibility index (Phi) is 6.80. The lowest BCUT2D eigenvalue weighted by atomic mass is 10.2. The Labute approximate surface area is 168 Å². The highest BCUT2D eigenvalue weighted by atomic mass is 32.2. The van der Waals surface area contributed by atoms with Crippen LogP contribution < -0.4 is 5.48 Å². The number of nitro benzene ring substituents is 1. The van der Waals surface area contributed by atoms with E-state index in [2.05, 4.69) is 0 Å². The number of sulfonamides is 1. The van der Waals surface area contributed by atoms with Crippen LogP contribution in [0, 0.1) is 10.1 Å². The molecule has 2 rings (SSSR count). The molecule has 2 N–H and O–H groups in total. The average molecular weight is 447 g/mol. The molecule has 2 aromatic rings. The molecule has 0 fully saturated rings. The number of hydroxylamine groups is 1. The topological polar surface area (TPSA) is 130 Å². The van der Waals surface area contributed by atoms with Gasteiger partial charge in [0.15, 0.2) is 0 Å². The lowest BCUT2D eigenvalue weighted by Crippen LogP contribution is -2.46. The van der Waals surface area contributed by atoms with Crippen LogP contribution in [0.5, 0.6) is 0 Å². The van der Waals surface area contributed by atoms with Crippen LogP contribution in [-0.4, -0.2) is 34.8 Å². The van der Waals surface area contributed by atoms with Gasteiger partial charge in [0.05, 0.1) is 15.4 Å². The van der Waals surface area contributed by atoms with E-state index < -0.39 is 50.1 Å². The summed E-state index contributed by atoms with van der Waals surface area (Å²) in [5.74, 6) is -1.12. The number of alkyl halides is 3. The van der Waals surface area contributed by atoms with Crippen LogP contribution in [0.2, 0.25) is 0 Å². The normalized spacial score (nSPS) is 13.1. The number of amides is 1. The predicted octanol–water partition coefficient (Wildman–Crippen LogP) is 2.70. The summed E-state index contributed by atoms with van der Waals surface area (Å²) in [6.07, 6.45) is -4.79. The molecule has 30 heavy (non-hydrogen) atoms. The van der Waals surface area contributed by atoms with Crippen molar-refractivity contribution in [3.8, 4) is 0 Å². The number of hydrogen-bond donors (Lipinski definition) is 2. The summed E-state index contributed by atoms with van der Waals surface area (Å²) in [7, 11) is -4.64. The predicted molar refractivity (Wildman–Crippen MR) is 96.7 cm³/mol. The molecule has 0 radical (unpaired) electrons. The third-order valence-corrected chi connectivity index (χ3v) is 6.09. The lowest BCUT2D eigenvalue weighted by molar-refractivity contribution is -0.384. The maximum atomic E-state index is 13.0. The van der Waals surface area contributed by atoms with Crippen molar-refractivity contribution in [1.29, 1.82) is 0 Å². The number of benzene rings is 2. The van der Waals surface area contributed by atoms with Gasteiger partial charge in [-0.2, -0.15) is 17.5 Å². The number of hydrogen-bond acceptors (Lipinski definition) is 6. The van der Waals surface area contributed by atoms with Crippen LogP contribution in [0.15, 0.2) is 53.4 Å². The number of carbonyl (C=O) groups excluding carboxylic acids is 1. The van der Waals surface area contributed by atoms with Gasteiger partial charge in [-0.05, 0) is 30.7 Å². The second-order valence-corrected chi connectivity index (χ2v) is 8.04. The molecule has 2 aromatic carbocycles. The van der Waals surface area contributed by atoms with E-state index in [-0.39, 0.29) is 11.3 Å². The molecule has 9 nitrogen and oxygen atoms in total. The van der Waals surface area contributed by atoms with Crippen molar-refractivity contribution in [3.63, 3.8) is 0 Å². The summed E-state index contributed by atoms with van der Waals surface area (Å²) in [5.41, 5.74) is 0.0768. The molecule has 1 amide bonds. The van der Waals surface area contributed by atoms with E-state index >= 15 is 0 Å². The van der Waals surface area contributed by atoms with Gasteiger partial charge < -0.3 is 0 Å². The number of nitrogens with zero attached hydrogens (tertiary/aromatic N) is 2. The summed E-state index contributed by atoms with van der Waals surface area (Å²) in [6, 6.07) is 6.19. The first-order valence-electron chi connectivity index (χ1n) is 8.24. The molecule has 0 unspecified atom stereocenters. The van der Waals surface area contributed by atoms with Crippen molar-refractivity contribution in [3.05, 3.63) is 69.8 Å². The van der Waals surface area contributed by atoms with E-state index in [0.717, 1.165) is 31.2 Å². The third kappa shape index (κ3) is 5.11. The Morgan fingerprint density at radius 1 is 1.23 bits per heavy atom. The Balaban J connectivity index is 2.50. The molecular weight excluding hydrogens is 431 g/mol. The molecule has 0 spiro atoms. The van der Waals surface area contributed by atoms with E-state index in [0.29, 0.717) is 16.4 Å². The molecule has 13 heteroatoms. The zero-order valence-electron chi connectivity index (χ0n) is 15.3. The second kappa shape index (κ2) is 8.77. The minimum Gasteiger partial charge on any atom is -0.289 e. The summed E-state index contributed by atoms with van der Waals surface area (Å²) in [4.78, 5) is 21.2. The lowest BCUT2D eigenvalue weighted by Gasteiger charge is -2.27. The number of rotatable bonds is 7. The Morgan fingerprint density at radius 2 is 1.83 bits per heavy atom. The quantitative estimate of drug-likeness (QED) is 0.381. The Morgan fingerprint density at radius 3 is 2.33 bits per heavy atom. The van der Waals surface area contributed by atoms with Crippen LogP contribution >= 0.6 is 0 Å². The summed E-state index contributed by atoms with van der Waals surface area (Å²) < 4.78 is 65.6. The average Bonchev–Trinajstić information content (AvgIpc) is 2.70. The molecule has 1 atom stereocenters. The fraction of sp³-hybridized carbons (Fsp3) is 0.235. The summed E-state index contributed by atoms with van der Waals surface area (Å²) >= 11 is 0. The molecule has 162 valence electrons. The Bertz CT molecular complexity index is 1040. The van der Waals surface area contributed by atoms with Gasteiger partial charge in [0.1, 0.15) is 6.04 Å². The van der Waals surface area contributed by atoms with E-state index in [1.807, 2.05) is 0 Å². The first kappa shape index (κ1) is 23.3. The van der Waals surface area contributed by atoms with Crippen LogP contribution in [-0.2, 0) is 27.5 Å². The van der Waals surface area contributed by atoms with Crippen molar-refractivity contribution in [2.45, 2.75) is 30.6 Å². The van der Waals surface area contributed by atoms with Gasteiger partial charge in [0.2, 0.25) is 10.0 Å². The fourth-order valence-electron chi connectivity index (χ4n) is 2.53.